The average Bonchev–Trinajstić information content (AvgIpc) is 3.15. The van der Waals surface area contributed by atoms with E-state index >= 15 is 0 Å². The largest absolute Gasteiger partial charge is 0.324 e. The smallest absolute Gasteiger partial charge is 0.194 e. The van der Waals surface area contributed by atoms with Crippen LogP contribution in [0.1, 0.15) is 24.2 Å². The summed E-state index contributed by atoms with van der Waals surface area (Å²) in [5.41, 5.74) is 2.24. The predicted molar refractivity (Wildman–Crippen MR) is 77.5 cm³/mol. The van der Waals surface area contributed by atoms with Crippen LogP contribution in [-0.4, -0.2) is 35.8 Å². The SMILES string of the molecule is Cn1nnc(Cn2cc(CNC3CC3)c3cccnc32)n1. The van der Waals surface area contributed by atoms with Crippen molar-refractivity contribution >= 4 is 11.0 Å². The van der Waals surface area contributed by atoms with Gasteiger partial charge in [0.05, 0.1) is 13.6 Å². The van der Waals surface area contributed by atoms with Crippen LogP contribution < -0.4 is 5.32 Å². The molecule has 1 saturated carbocycles. The van der Waals surface area contributed by atoms with Crippen LogP contribution in [0.15, 0.2) is 24.5 Å². The molecule has 0 saturated heterocycles. The molecule has 0 spiro atoms. The second-order valence-corrected chi connectivity index (χ2v) is 5.51. The quantitative estimate of drug-likeness (QED) is 0.752. The van der Waals surface area contributed by atoms with Crippen LogP contribution >= 0.6 is 0 Å². The first kappa shape index (κ1) is 12.5. The van der Waals surface area contributed by atoms with Crippen molar-refractivity contribution in [1.82, 2.24) is 35.1 Å². The Balaban J connectivity index is 1.66. The second kappa shape index (κ2) is 4.92. The number of nitrogens with zero attached hydrogens (tertiary/aromatic N) is 6. The average molecular weight is 283 g/mol. The minimum Gasteiger partial charge on any atom is -0.324 e. The molecule has 1 N–H and O–H groups in total. The van der Waals surface area contributed by atoms with Gasteiger partial charge in [0.25, 0.3) is 0 Å². The molecule has 0 aromatic carbocycles. The summed E-state index contributed by atoms with van der Waals surface area (Å²) >= 11 is 0. The molecular formula is C14H17N7. The van der Waals surface area contributed by atoms with Gasteiger partial charge in [-0.05, 0) is 35.8 Å². The lowest BCUT2D eigenvalue weighted by Crippen LogP contribution is -2.15. The molecule has 1 fully saturated rings. The zero-order valence-corrected chi connectivity index (χ0v) is 11.9. The minimum absolute atomic E-state index is 0.588. The molecule has 108 valence electrons. The first-order chi connectivity index (χ1) is 10.3. The lowest BCUT2D eigenvalue weighted by molar-refractivity contribution is 0.625. The number of hydrogen-bond acceptors (Lipinski definition) is 5. The zero-order valence-electron chi connectivity index (χ0n) is 11.9. The van der Waals surface area contributed by atoms with Gasteiger partial charge in [0, 0.05) is 30.4 Å². The van der Waals surface area contributed by atoms with Gasteiger partial charge in [0.2, 0.25) is 0 Å². The van der Waals surface area contributed by atoms with Gasteiger partial charge in [-0.25, -0.2) is 4.98 Å². The molecule has 21 heavy (non-hydrogen) atoms. The van der Waals surface area contributed by atoms with E-state index < -0.39 is 0 Å². The standard InChI is InChI=1S/C14H17N7/c1-20-18-13(17-19-20)9-21-8-10(7-16-11-4-5-11)12-3-2-6-15-14(12)21/h2-3,6,8,11,16H,4-5,7,9H2,1H3. The summed E-state index contributed by atoms with van der Waals surface area (Å²) in [6, 6.07) is 4.79. The van der Waals surface area contributed by atoms with Crippen molar-refractivity contribution in [3.05, 3.63) is 35.9 Å². The van der Waals surface area contributed by atoms with Crippen molar-refractivity contribution in [2.45, 2.75) is 32.0 Å². The van der Waals surface area contributed by atoms with Crippen LogP contribution in [0.25, 0.3) is 11.0 Å². The summed E-state index contributed by atoms with van der Waals surface area (Å²) < 4.78 is 2.09. The highest BCUT2D eigenvalue weighted by Crippen LogP contribution is 2.23. The van der Waals surface area contributed by atoms with Gasteiger partial charge in [-0.15, -0.1) is 10.2 Å². The van der Waals surface area contributed by atoms with E-state index in [2.05, 4.69) is 42.5 Å². The Bertz CT molecular complexity index is 769. The number of aryl methyl sites for hydroxylation is 1. The summed E-state index contributed by atoms with van der Waals surface area (Å²) in [7, 11) is 1.77. The van der Waals surface area contributed by atoms with Crippen molar-refractivity contribution in [3.63, 3.8) is 0 Å². The van der Waals surface area contributed by atoms with Crippen LogP contribution in [-0.2, 0) is 20.1 Å². The molecular weight excluding hydrogens is 266 g/mol. The maximum Gasteiger partial charge on any atom is 0.194 e. The topological polar surface area (TPSA) is 73.5 Å². The van der Waals surface area contributed by atoms with Crippen LogP contribution in [0.4, 0.5) is 0 Å². The Morgan fingerprint density at radius 1 is 1.38 bits per heavy atom. The summed E-state index contributed by atoms with van der Waals surface area (Å²) in [6.45, 7) is 1.47. The Morgan fingerprint density at radius 3 is 3.05 bits per heavy atom. The van der Waals surface area contributed by atoms with Gasteiger partial charge < -0.3 is 9.88 Å². The molecule has 0 radical (unpaired) electrons. The first-order valence-corrected chi connectivity index (χ1v) is 7.18. The summed E-state index contributed by atoms with van der Waals surface area (Å²) in [4.78, 5) is 5.98. The third kappa shape index (κ3) is 2.52. The minimum atomic E-state index is 0.588. The van der Waals surface area contributed by atoms with Gasteiger partial charge in [0.15, 0.2) is 5.82 Å². The van der Waals surface area contributed by atoms with Crippen molar-refractivity contribution < 1.29 is 0 Å². The number of aromatic nitrogens is 6. The molecule has 3 aromatic rings. The molecule has 0 aliphatic heterocycles. The summed E-state index contributed by atoms with van der Waals surface area (Å²) in [6.07, 6.45) is 6.55. The van der Waals surface area contributed by atoms with Crippen LogP contribution in [0.5, 0.6) is 0 Å². The third-order valence-electron chi connectivity index (χ3n) is 3.74. The Labute approximate surface area is 122 Å². The molecule has 0 unspecified atom stereocenters. The highest BCUT2D eigenvalue weighted by atomic mass is 15.6. The third-order valence-corrected chi connectivity index (χ3v) is 3.74. The molecule has 3 heterocycles. The van der Waals surface area contributed by atoms with Crippen LogP contribution in [0.3, 0.4) is 0 Å². The van der Waals surface area contributed by atoms with E-state index in [1.807, 2.05) is 12.3 Å². The fraction of sp³-hybridized carbons (Fsp3) is 0.429. The fourth-order valence-corrected chi connectivity index (χ4v) is 2.54. The van der Waals surface area contributed by atoms with E-state index in [9.17, 15) is 0 Å². The number of tetrazole rings is 1. The number of hydrogen-bond donors (Lipinski definition) is 1. The van der Waals surface area contributed by atoms with Crippen LogP contribution in [0, 0.1) is 0 Å². The monoisotopic (exact) mass is 283 g/mol. The molecule has 1 aliphatic carbocycles. The van der Waals surface area contributed by atoms with Gasteiger partial charge in [-0.3, -0.25) is 0 Å². The number of fused-ring (bicyclic) bond motifs is 1. The second-order valence-electron chi connectivity index (χ2n) is 5.51. The zero-order chi connectivity index (χ0) is 14.2. The molecule has 7 nitrogen and oxygen atoms in total. The Kier molecular flexibility index (Phi) is 2.92. The molecule has 4 rings (SSSR count). The van der Waals surface area contributed by atoms with E-state index in [1.165, 1.54) is 28.6 Å². The lowest BCUT2D eigenvalue weighted by atomic mass is 10.2. The molecule has 7 heteroatoms. The summed E-state index contributed by atoms with van der Waals surface area (Å²) in [5, 5.41) is 16.9. The van der Waals surface area contributed by atoms with Crippen molar-refractivity contribution in [2.75, 3.05) is 0 Å². The van der Waals surface area contributed by atoms with Crippen molar-refractivity contribution in [2.24, 2.45) is 7.05 Å². The highest BCUT2D eigenvalue weighted by molar-refractivity contribution is 5.80. The van der Waals surface area contributed by atoms with Gasteiger partial charge in [0.1, 0.15) is 5.65 Å². The molecule has 3 aromatic heterocycles. The predicted octanol–water partition coefficient (Wildman–Crippen LogP) is 0.860. The van der Waals surface area contributed by atoms with E-state index in [1.54, 1.807) is 7.05 Å². The Morgan fingerprint density at radius 2 is 2.29 bits per heavy atom. The van der Waals surface area contributed by atoms with E-state index in [-0.39, 0.29) is 0 Å². The van der Waals surface area contributed by atoms with E-state index in [0.717, 1.165) is 12.2 Å². The van der Waals surface area contributed by atoms with E-state index in [4.69, 9.17) is 0 Å². The number of rotatable bonds is 5. The normalized spacial score (nSPS) is 14.9. The molecule has 0 amide bonds. The maximum absolute atomic E-state index is 4.50. The number of nitrogens with one attached hydrogen (secondary N) is 1. The molecule has 0 atom stereocenters. The van der Waals surface area contributed by atoms with Gasteiger partial charge >= 0.3 is 0 Å². The van der Waals surface area contributed by atoms with E-state index in [0.29, 0.717) is 18.4 Å². The van der Waals surface area contributed by atoms with Crippen molar-refractivity contribution in [3.8, 4) is 0 Å². The van der Waals surface area contributed by atoms with Gasteiger partial charge in [-0.1, -0.05) is 0 Å². The summed E-state index contributed by atoms with van der Waals surface area (Å²) in [5.74, 6) is 0.696. The lowest BCUT2D eigenvalue weighted by Gasteiger charge is -2.00. The fourth-order valence-electron chi connectivity index (χ4n) is 2.54. The highest BCUT2D eigenvalue weighted by Gasteiger charge is 2.21. The number of pyridine rings is 1. The van der Waals surface area contributed by atoms with Gasteiger partial charge in [-0.2, -0.15) is 4.80 Å². The molecule has 1 aliphatic rings. The first-order valence-electron chi connectivity index (χ1n) is 7.18. The van der Waals surface area contributed by atoms with Crippen molar-refractivity contribution in [1.29, 1.82) is 0 Å². The molecule has 0 bridgehead atoms. The van der Waals surface area contributed by atoms with Crippen LogP contribution in [0.2, 0.25) is 0 Å². The maximum atomic E-state index is 4.50. The Hall–Kier alpha value is -2.28.